The molecular weight excluding hydrogens is 332 g/mol. The molecule has 126 valence electrons. The zero-order chi connectivity index (χ0) is 17.3. The molecule has 0 atom stereocenters. The predicted octanol–water partition coefficient (Wildman–Crippen LogP) is 1.85. The molecule has 2 aromatic carbocycles. The molecule has 0 aromatic heterocycles. The van der Waals surface area contributed by atoms with E-state index < -0.39 is 10.0 Å². The molecule has 0 bridgehead atoms. The lowest BCUT2D eigenvalue weighted by Gasteiger charge is -2.26. The first-order chi connectivity index (χ1) is 11.4. The van der Waals surface area contributed by atoms with Crippen LogP contribution in [0.25, 0.3) is 0 Å². The molecule has 7 nitrogen and oxygen atoms in total. The van der Waals surface area contributed by atoms with Crippen LogP contribution in [-0.2, 0) is 14.8 Å². The molecule has 1 heterocycles. The van der Waals surface area contributed by atoms with Gasteiger partial charge < -0.3 is 14.4 Å². The van der Waals surface area contributed by atoms with Crippen LogP contribution < -0.4 is 19.1 Å². The molecule has 1 aliphatic heterocycles. The van der Waals surface area contributed by atoms with E-state index in [1.165, 1.54) is 24.1 Å². The first kappa shape index (κ1) is 16.1. The number of fused-ring (bicyclic) bond motifs is 1. The maximum Gasteiger partial charge on any atom is 0.264 e. The molecule has 0 unspecified atom stereocenters. The summed E-state index contributed by atoms with van der Waals surface area (Å²) in [5, 5.41) is 0. The largest absolute Gasteiger partial charge is 0.497 e. The summed E-state index contributed by atoms with van der Waals surface area (Å²) >= 11 is 0. The third kappa shape index (κ3) is 3.00. The van der Waals surface area contributed by atoms with Gasteiger partial charge in [-0.25, -0.2) is 8.42 Å². The highest BCUT2D eigenvalue weighted by Crippen LogP contribution is 2.33. The van der Waals surface area contributed by atoms with Crippen molar-refractivity contribution >= 4 is 27.3 Å². The Bertz CT molecular complexity index is 895. The fourth-order valence-electron chi connectivity index (χ4n) is 2.32. The maximum atomic E-state index is 12.6. The molecule has 0 spiro atoms. The molecular formula is C16H16N2O5S. The number of amides is 1. The second kappa shape index (κ2) is 6.04. The number of carbonyl (C=O) groups excluding carboxylic acids is 1. The normalized spacial score (nSPS) is 13.9. The third-order valence-corrected chi connectivity index (χ3v) is 5.03. The van der Waals surface area contributed by atoms with Gasteiger partial charge in [-0.1, -0.05) is 6.07 Å². The van der Waals surface area contributed by atoms with Crippen LogP contribution in [-0.4, -0.2) is 35.1 Å². The Hall–Kier alpha value is -2.74. The van der Waals surface area contributed by atoms with Crippen molar-refractivity contribution in [3.8, 4) is 11.5 Å². The first-order valence-electron chi connectivity index (χ1n) is 7.11. The first-order valence-corrected chi connectivity index (χ1v) is 8.59. The predicted molar refractivity (Wildman–Crippen MR) is 89.1 cm³/mol. The summed E-state index contributed by atoms with van der Waals surface area (Å²) in [6.45, 7) is -0.0579. The highest BCUT2D eigenvalue weighted by atomic mass is 32.2. The Balaban J connectivity index is 1.94. The van der Waals surface area contributed by atoms with Crippen molar-refractivity contribution in [3.63, 3.8) is 0 Å². The van der Waals surface area contributed by atoms with Crippen LogP contribution in [0.1, 0.15) is 0 Å². The zero-order valence-electron chi connectivity index (χ0n) is 13.1. The summed E-state index contributed by atoms with van der Waals surface area (Å²) < 4.78 is 38.0. The maximum absolute atomic E-state index is 12.6. The van der Waals surface area contributed by atoms with Crippen molar-refractivity contribution < 1.29 is 22.7 Å². The molecule has 2 aromatic rings. The number of benzene rings is 2. The van der Waals surface area contributed by atoms with Gasteiger partial charge in [0.15, 0.2) is 6.61 Å². The lowest BCUT2D eigenvalue weighted by Crippen LogP contribution is -2.35. The van der Waals surface area contributed by atoms with Crippen molar-refractivity contribution in [3.05, 3.63) is 42.5 Å². The van der Waals surface area contributed by atoms with Crippen molar-refractivity contribution in [1.82, 2.24) is 0 Å². The number of nitrogens with one attached hydrogen (secondary N) is 1. The molecule has 8 heteroatoms. The number of methoxy groups -OCH3 is 1. The van der Waals surface area contributed by atoms with E-state index in [2.05, 4.69) is 4.72 Å². The van der Waals surface area contributed by atoms with Crippen molar-refractivity contribution in [2.45, 2.75) is 4.90 Å². The van der Waals surface area contributed by atoms with Crippen LogP contribution in [0, 0.1) is 0 Å². The third-order valence-electron chi connectivity index (χ3n) is 3.65. The Morgan fingerprint density at radius 1 is 1.21 bits per heavy atom. The summed E-state index contributed by atoms with van der Waals surface area (Å²) in [5.41, 5.74) is 0.799. The smallest absolute Gasteiger partial charge is 0.264 e. The molecule has 24 heavy (non-hydrogen) atoms. The van der Waals surface area contributed by atoms with Crippen molar-refractivity contribution in [2.75, 3.05) is 30.4 Å². The molecule has 3 rings (SSSR count). The van der Waals surface area contributed by atoms with Gasteiger partial charge in [0.05, 0.1) is 23.4 Å². The molecule has 0 fully saturated rings. The summed E-state index contributed by atoms with van der Waals surface area (Å²) in [6.07, 6.45) is 0. The van der Waals surface area contributed by atoms with Crippen LogP contribution in [0.3, 0.4) is 0 Å². The molecule has 1 N–H and O–H groups in total. The molecule has 0 aliphatic carbocycles. The lowest BCUT2D eigenvalue weighted by molar-refractivity contribution is -0.120. The summed E-state index contributed by atoms with van der Waals surface area (Å²) in [6, 6.07) is 11.0. The Kier molecular flexibility index (Phi) is 4.06. The van der Waals surface area contributed by atoms with E-state index in [1.54, 1.807) is 37.4 Å². The van der Waals surface area contributed by atoms with Gasteiger partial charge >= 0.3 is 0 Å². The number of hydrogen-bond acceptors (Lipinski definition) is 5. The second-order valence-electron chi connectivity index (χ2n) is 5.21. The number of nitrogens with zero attached hydrogens (tertiary/aromatic N) is 1. The van der Waals surface area contributed by atoms with Gasteiger partial charge in [0.2, 0.25) is 0 Å². The van der Waals surface area contributed by atoms with Gasteiger partial charge in [0, 0.05) is 13.1 Å². The van der Waals surface area contributed by atoms with Gasteiger partial charge in [-0.2, -0.15) is 0 Å². The lowest BCUT2D eigenvalue weighted by atomic mass is 10.2. The number of hydrogen-bond donors (Lipinski definition) is 1. The van der Waals surface area contributed by atoms with E-state index in [0.717, 1.165) is 0 Å². The SMILES string of the molecule is COc1cccc(NS(=O)(=O)c2ccc3c(c2)N(C)C(=O)CO3)c1. The minimum absolute atomic E-state index is 0.0363. The molecule has 1 amide bonds. The Labute approximate surface area is 139 Å². The van der Waals surface area contributed by atoms with E-state index in [1.807, 2.05) is 0 Å². The number of rotatable bonds is 4. The fourth-order valence-corrected chi connectivity index (χ4v) is 3.39. The van der Waals surface area contributed by atoms with E-state index in [-0.39, 0.29) is 17.4 Å². The number of sulfonamides is 1. The van der Waals surface area contributed by atoms with Crippen LogP contribution in [0.4, 0.5) is 11.4 Å². The standard InChI is InChI=1S/C16H16N2O5S/c1-18-14-9-13(6-7-15(14)23-10-16(18)19)24(20,21)17-11-4-3-5-12(8-11)22-2/h3-9,17H,10H2,1-2H3. The fraction of sp³-hybridized carbons (Fsp3) is 0.188. The highest BCUT2D eigenvalue weighted by Gasteiger charge is 2.25. The zero-order valence-corrected chi connectivity index (χ0v) is 14.0. The minimum atomic E-state index is -3.81. The summed E-state index contributed by atoms with van der Waals surface area (Å²) in [5.74, 6) is 0.773. The van der Waals surface area contributed by atoms with E-state index in [9.17, 15) is 13.2 Å². The van der Waals surface area contributed by atoms with Crippen LogP contribution >= 0.6 is 0 Å². The minimum Gasteiger partial charge on any atom is -0.497 e. The average molecular weight is 348 g/mol. The number of likely N-dealkylation sites (N-methyl/N-ethyl adjacent to an activating group) is 1. The molecule has 0 saturated heterocycles. The van der Waals surface area contributed by atoms with Crippen LogP contribution in [0.5, 0.6) is 11.5 Å². The van der Waals surface area contributed by atoms with E-state index >= 15 is 0 Å². The molecule has 1 aliphatic rings. The Morgan fingerprint density at radius 3 is 2.75 bits per heavy atom. The summed E-state index contributed by atoms with van der Waals surface area (Å²) in [4.78, 5) is 13.1. The van der Waals surface area contributed by atoms with Gasteiger partial charge in [-0.05, 0) is 30.3 Å². The number of ether oxygens (including phenoxy) is 2. The van der Waals surface area contributed by atoms with E-state index in [0.29, 0.717) is 22.9 Å². The van der Waals surface area contributed by atoms with Gasteiger partial charge in [0.25, 0.3) is 15.9 Å². The van der Waals surface area contributed by atoms with Gasteiger partial charge in [0.1, 0.15) is 11.5 Å². The van der Waals surface area contributed by atoms with Crippen molar-refractivity contribution in [1.29, 1.82) is 0 Å². The second-order valence-corrected chi connectivity index (χ2v) is 6.89. The van der Waals surface area contributed by atoms with Crippen LogP contribution in [0.2, 0.25) is 0 Å². The van der Waals surface area contributed by atoms with Crippen molar-refractivity contribution in [2.24, 2.45) is 0 Å². The number of anilines is 2. The molecule has 0 radical (unpaired) electrons. The van der Waals surface area contributed by atoms with E-state index in [4.69, 9.17) is 9.47 Å². The Morgan fingerprint density at radius 2 is 2.00 bits per heavy atom. The summed E-state index contributed by atoms with van der Waals surface area (Å²) in [7, 11) is -0.729. The monoisotopic (exact) mass is 348 g/mol. The topological polar surface area (TPSA) is 84.9 Å². The quantitative estimate of drug-likeness (QED) is 0.911. The van der Waals surface area contributed by atoms with Gasteiger partial charge in [-0.15, -0.1) is 0 Å². The average Bonchev–Trinajstić information content (AvgIpc) is 2.57. The number of carbonyl (C=O) groups is 1. The van der Waals surface area contributed by atoms with Gasteiger partial charge in [-0.3, -0.25) is 9.52 Å². The molecule has 0 saturated carbocycles. The highest BCUT2D eigenvalue weighted by molar-refractivity contribution is 7.92. The van der Waals surface area contributed by atoms with Crippen LogP contribution in [0.15, 0.2) is 47.4 Å².